The van der Waals surface area contributed by atoms with Gasteiger partial charge in [-0.1, -0.05) is 49.7 Å². The van der Waals surface area contributed by atoms with Crippen LogP contribution in [-0.2, 0) is 18.4 Å². The maximum absolute atomic E-state index is 6.53. The number of ether oxygens (including phenoxy) is 1. The lowest BCUT2D eigenvalue weighted by molar-refractivity contribution is 0.414. The molecule has 0 spiro atoms. The van der Waals surface area contributed by atoms with E-state index in [2.05, 4.69) is 50.2 Å². The van der Waals surface area contributed by atoms with Gasteiger partial charge in [-0.3, -0.25) is 0 Å². The van der Waals surface area contributed by atoms with Gasteiger partial charge in [0.2, 0.25) is 0 Å². The largest absolute Gasteiger partial charge is 0.497 e. The molecule has 2 rings (SSSR count). The molecule has 0 radical (unpaired) electrons. The van der Waals surface area contributed by atoms with Crippen molar-refractivity contribution in [1.82, 2.24) is 0 Å². The maximum Gasteiger partial charge on any atom is 0.118 e. The fourth-order valence-corrected chi connectivity index (χ4v) is 2.61. The average molecular weight is 283 g/mol. The van der Waals surface area contributed by atoms with Crippen LogP contribution in [0.1, 0.15) is 37.0 Å². The van der Waals surface area contributed by atoms with E-state index in [1.165, 1.54) is 23.1 Å². The highest BCUT2D eigenvalue weighted by Gasteiger charge is 2.21. The standard InChI is InChI=1S/C19H25NO/c1-4-5-15-6-10-17(11-7-15)19(2,20)14-16-8-12-18(21-3)13-9-16/h6-13H,4-5,14,20H2,1-3H3. The number of aryl methyl sites for hydroxylation is 1. The third-order valence-electron chi connectivity index (χ3n) is 3.88. The Morgan fingerprint density at radius 2 is 1.52 bits per heavy atom. The number of benzene rings is 2. The van der Waals surface area contributed by atoms with Crippen LogP contribution in [0.15, 0.2) is 48.5 Å². The van der Waals surface area contributed by atoms with Gasteiger partial charge in [0.05, 0.1) is 7.11 Å². The van der Waals surface area contributed by atoms with Gasteiger partial charge < -0.3 is 10.5 Å². The molecule has 0 aliphatic rings. The second-order valence-electron chi connectivity index (χ2n) is 5.89. The normalized spacial score (nSPS) is 13.7. The smallest absolute Gasteiger partial charge is 0.118 e. The van der Waals surface area contributed by atoms with Crippen LogP contribution in [0, 0.1) is 0 Å². The summed E-state index contributed by atoms with van der Waals surface area (Å²) in [5, 5.41) is 0. The van der Waals surface area contributed by atoms with Crippen LogP contribution in [-0.4, -0.2) is 7.11 Å². The van der Waals surface area contributed by atoms with Crippen molar-refractivity contribution < 1.29 is 4.74 Å². The van der Waals surface area contributed by atoms with Crippen molar-refractivity contribution in [3.63, 3.8) is 0 Å². The number of hydrogen-bond donors (Lipinski definition) is 1. The molecule has 2 N–H and O–H groups in total. The summed E-state index contributed by atoms with van der Waals surface area (Å²) in [6.07, 6.45) is 3.11. The summed E-state index contributed by atoms with van der Waals surface area (Å²) in [5.74, 6) is 0.876. The summed E-state index contributed by atoms with van der Waals surface area (Å²) in [6, 6.07) is 16.8. The number of methoxy groups -OCH3 is 1. The topological polar surface area (TPSA) is 35.2 Å². The molecular formula is C19H25NO. The van der Waals surface area contributed by atoms with Crippen LogP contribution >= 0.6 is 0 Å². The SMILES string of the molecule is CCCc1ccc(C(C)(N)Cc2ccc(OC)cc2)cc1. The van der Waals surface area contributed by atoms with Gasteiger partial charge in [0.15, 0.2) is 0 Å². The van der Waals surface area contributed by atoms with E-state index in [1.807, 2.05) is 12.1 Å². The van der Waals surface area contributed by atoms with Crippen molar-refractivity contribution in [2.45, 2.75) is 38.6 Å². The molecule has 1 unspecified atom stereocenters. The first kappa shape index (κ1) is 15.6. The van der Waals surface area contributed by atoms with Gasteiger partial charge in [-0.05, 0) is 48.6 Å². The van der Waals surface area contributed by atoms with Crippen molar-refractivity contribution in [3.8, 4) is 5.75 Å². The zero-order valence-electron chi connectivity index (χ0n) is 13.2. The molecule has 0 aromatic heterocycles. The predicted molar refractivity (Wildman–Crippen MR) is 88.7 cm³/mol. The van der Waals surface area contributed by atoms with Gasteiger partial charge >= 0.3 is 0 Å². The molecule has 0 saturated carbocycles. The van der Waals surface area contributed by atoms with Crippen molar-refractivity contribution in [1.29, 1.82) is 0 Å². The Morgan fingerprint density at radius 3 is 2.05 bits per heavy atom. The summed E-state index contributed by atoms with van der Waals surface area (Å²) in [6.45, 7) is 4.29. The van der Waals surface area contributed by atoms with Gasteiger partial charge in [-0.25, -0.2) is 0 Å². The monoisotopic (exact) mass is 283 g/mol. The molecule has 1 atom stereocenters. The molecule has 0 aliphatic heterocycles. The number of nitrogens with two attached hydrogens (primary N) is 1. The Bertz CT molecular complexity index is 555. The molecule has 0 saturated heterocycles. The first-order valence-corrected chi connectivity index (χ1v) is 7.56. The van der Waals surface area contributed by atoms with Crippen LogP contribution in [0.25, 0.3) is 0 Å². The van der Waals surface area contributed by atoms with E-state index in [4.69, 9.17) is 10.5 Å². The summed E-state index contributed by atoms with van der Waals surface area (Å²) in [4.78, 5) is 0. The predicted octanol–water partition coefficient (Wildman–Crippen LogP) is 4.06. The second kappa shape index (κ2) is 6.77. The van der Waals surface area contributed by atoms with Gasteiger partial charge in [0.1, 0.15) is 5.75 Å². The zero-order valence-corrected chi connectivity index (χ0v) is 13.2. The minimum absolute atomic E-state index is 0.362. The zero-order chi connectivity index (χ0) is 15.3. The van der Waals surface area contributed by atoms with Crippen LogP contribution in [0.3, 0.4) is 0 Å². The second-order valence-corrected chi connectivity index (χ2v) is 5.89. The average Bonchev–Trinajstić information content (AvgIpc) is 2.48. The highest BCUT2D eigenvalue weighted by atomic mass is 16.5. The Kier molecular flexibility index (Phi) is 5.03. The van der Waals surface area contributed by atoms with Gasteiger partial charge in [-0.2, -0.15) is 0 Å². The third-order valence-corrected chi connectivity index (χ3v) is 3.88. The highest BCUT2D eigenvalue weighted by molar-refractivity contribution is 5.32. The van der Waals surface area contributed by atoms with E-state index in [0.717, 1.165) is 18.6 Å². The van der Waals surface area contributed by atoms with E-state index >= 15 is 0 Å². The molecule has 21 heavy (non-hydrogen) atoms. The molecule has 2 heteroatoms. The quantitative estimate of drug-likeness (QED) is 0.867. The van der Waals surface area contributed by atoms with E-state index < -0.39 is 0 Å². The van der Waals surface area contributed by atoms with E-state index in [1.54, 1.807) is 7.11 Å². The first-order chi connectivity index (χ1) is 10.0. The summed E-state index contributed by atoms with van der Waals surface area (Å²) in [5.41, 5.74) is 9.95. The molecule has 112 valence electrons. The Morgan fingerprint density at radius 1 is 0.952 bits per heavy atom. The van der Waals surface area contributed by atoms with Crippen molar-refractivity contribution >= 4 is 0 Å². The number of rotatable bonds is 6. The first-order valence-electron chi connectivity index (χ1n) is 7.56. The molecule has 0 fully saturated rings. The molecule has 0 bridgehead atoms. The molecule has 0 amide bonds. The van der Waals surface area contributed by atoms with Gasteiger partial charge in [0.25, 0.3) is 0 Å². The fraction of sp³-hybridized carbons (Fsp3) is 0.368. The molecule has 0 aliphatic carbocycles. The third kappa shape index (κ3) is 4.08. The molecule has 2 aromatic rings. The van der Waals surface area contributed by atoms with Crippen LogP contribution in [0.4, 0.5) is 0 Å². The lowest BCUT2D eigenvalue weighted by Crippen LogP contribution is -2.35. The fourth-order valence-electron chi connectivity index (χ4n) is 2.61. The van der Waals surface area contributed by atoms with E-state index in [-0.39, 0.29) is 5.54 Å². The highest BCUT2D eigenvalue weighted by Crippen LogP contribution is 2.24. The Hall–Kier alpha value is -1.80. The minimum atomic E-state index is -0.362. The Labute approximate surface area is 127 Å². The molecular weight excluding hydrogens is 258 g/mol. The van der Waals surface area contributed by atoms with Crippen LogP contribution < -0.4 is 10.5 Å². The lowest BCUT2D eigenvalue weighted by atomic mass is 9.86. The van der Waals surface area contributed by atoms with Gasteiger partial charge in [0, 0.05) is 5.54 Å². The minimum Gasteiger partial charge on any atom is -0.497 e. The lowest BCUT2D eigenvalue weighted by Gasteiger charge is -2.26. The van der Waals surface area contributed by atoms with Gasteiger partial charge in [-0.15, -0.1) is 0 Å². The molecule has 2 nitrogen and oxygen atoms in total. The summed E-state index contributed by atoms with van der Waals surface area (Å²) in [7, 11) is 1.68. The van der Waals surface area contributed by atoms with Crippen LogP contribution in [0.5, 0.6) is 5.75 Å². The number of hydrogen-bond acceptors (Lipinski definition) is 2. The molecule has 0 heterocycles. The van der Waals surface area contributed by atoms with E-state index in [0.29, 0.717) is 0 Å². The summed E-state index contributed by atoms with van der Waals surface area (Å²) < 4.78 is 5.19. The molecule has 2 aromatic carbocycles. The summed E-state index contributed by atoms with van der Waals surface area (Å²) >= 11 is 0. The van der Waals surface area contributed by atoms with E-state index in [9.17, 15) is 0 Å². The van der Waals surface area contributed by atoms with Crippen LogP contribution in [0.2, 0.25) is 0 Å². The Balaban J connectivity index is 2.12. The van der Waals surface area contributed by atoms with Crippen molar-refractivity contribution in [3.05, 3.63) is 65.2 Å². The maximum atomic E-state index is 6.53. The van der Waals surface area contributed by atoms with Crippen molar-refractivity contribution in [2.24, 2.45) is 5.73 Å². The van der Waals surface area contributed by atoms with Crippen molar-refractivity contribution in [2.75, 3.05) is 7.11 Å².